The van der Waals surface area contributed by atoms with Crippen LogP contribution in [0, 0.1) is 12.9 Å². The van der Waals surface area contributed by atoms with Crippen LogP contribution >= 0.6 is 0 Å². The third kappa shape index (κ3) is 2.41. The van der Waals surface area contributed by atoms with Gasteiger partial charge in [0.1, 0.15) is 17.5 Å². The Balaban J connectivity index is 2.34. The van der Waals surface area contributed by atoms with Gasteiger partial charge in [0.15, 0.2) is 0 Å². The van der Waals surface area contributed by atoms with E-state index in [0.717, 1.165) is 17.0 Å². The molecule has 2 N–H and O–H groups in total. The molecule has 1 heterocycles. The van der Waals surface area contributed by atoms with Gasteiger partial charge in [-0.15, -0.1) is 0 Å². The van der Waals surface area contributed by atoms with Crippen LogP contribution in [-0.4, -0.2) is 30.9 Å². The summed E-state index contributed by atoms with van der Waals surface area (Å²) < 4.78 is 18.8. The zero-order valence-corrected chi connectivity index (χ0v) is 10.7. The molecule has 1 aromatic carbocycles. The molecule has 1 aliphatic heterocycles. The fourth-order valence-electron chi connectivity index (χ4n) is 2.65. The van der Waals surface area contributed by atoms with E-state index in [0.29, 0.717) is 19.6 Å². The smallest absolute Gasteiger partial charge is 0.134 e. The highest BCUT2D eigenvalue weighted by atomic mass is 19.1. The Hall–Kier alpha value is -0.970. The number of benzene rings is 1. The largest absolute Gasteiger partial charge is 0.465 e. The number of rotatable bonds is 3. The maximum Gasteiger partial charge on any atom is 0.134 e. The molecule has 3 atom stereocenters. The summed E-state index contributed by atoms with van der Waals surface area (Å²) in [6, 6.07) is 6.21. The van der Waals surface area contributed by atoms with Gasteiger partial charge in [-0.2, -0.15) is 7.05 Å². The van der Waals surface area contributed by atoms with Crippen LogP contribution in [0.25, 0.3) is 0 Å². The summed E-state index contributed by atoms with van der Waals surface area (Å²) in [6.45, 7) is 3.79. The summed E-state index contributed by atoms with van der Waals surface area (Å²) >= 11 is 0. The van der Waals surface area contributed by atoms with Gasteiger partial charge in [-0.05, 0) is 24.6 Å². The molecule has 0 aliphatic carbocycles. The topological polar surface area (TPSA) is 33.9 Å². The Bertz CT molecular complexity index is 395. The SMILES string of the molecule is [CH2-][NH+]1CCC(OCC)(c2ccc(F)cc2)C(O)C1. The number of nitrogens with one attached hydrogen (secondary N) is 1. The minimum atomic E-state index is -0.719. The van der Waals surface area contributed by atoms with Gasteiger partial charge in [0.05, 0.1) is 13.1 Å². The number of hydrogen-bond acceptors (Lipinski definition) is 2. The van der Waals surface area contributed by atoms with Gasteiger partial charge in [-0.3, -0.25) is 0 Å². The van der Waals surface area contributed by atoms with Gasteiger partial charge in [-0.25, -0.2) is 4.39 Å². The number of ether oxygens (including phenoxy) is 1. The first kappa shape index (κ1) is 13.5. The highest BCUT2D eigenvalue weighted by Crippen LogP contribution is 2.34. The summed E-state index contributed by atoms with van der Waals surface area (Å²) in [5.74, 6) is -0.278. The molecule has 1 saturated heterocycles. The van der Waals surface area contributed by atoms with Crippen molar-refractivity contribution in [3.8, 4) is 0 Å². The van der Waals surface area contributed by atoms with Gasteiger partial charge in [0.2, 0.25) is 0 Å². The summed E-state index contributed by atoms with van der Waals surface area (Å²) in [7, 11) is 3.92. The Morgan fingerprint density at radius 2 is 2.17 bits per heavy atom. The molecule has 0 spiro atoms. The van der Waals surface area contributed by atoms with Crippen molar-refractivity contribution in [2.24, 2.45) is 0 Å². The van der Waals surface area contributed by atoms with Gasteiger partial charge in [0.25, 0.3) is 0 Å². The monoisotopic (exact) mass is 253 g/mol. The molecule has 3 unspecified atom stereocenters. The van der Waals surface area contributed by atoms with E-state index in [-0.39, 0.29) is 5.82 Å². The molecule has 1 aromatic rings. The molecular weight excluding hydrogens is 233 g/mol. The van der Waals surface area contributed by atoms with Crippen molar-refractivity contribution in [2.75, 3.05) is 19.7 Å². The zero-order chi connectivity index (χ0) is 13.2. The first-order valence-corrected chi connectivity index (χ1v) is 6.33. The zero-order valence-electron chi connectivity index (χ0n) is 10.7. The number of piperidine rings is 1. The van der Waals surface area contributed by atoms with Crippen molar-refractivity contribution in [1.29, 1.82) is 0 Å². The Morgan fingerprint density at radius 3 is 2.72 bits per heavy atom. The minimum Gasteiger partial charge on any atom is -0.465 e. The first-order chi connectivity index (χ1) is 8.58. The van der Waals surface area contributed by atoms with E-state index in [9.17, 15) is 9.50 Å². The van der Waals surface area contributed by atoms with Crippen molar-refractivity contribution in [2.45, 2.75) is 25.0 Å². The number of halogens is 1. The standard InChI is InChI=1S/C14H20FNO2/c1-3-18-14(8-9-16(2)10-13(14)17)11-4-6-12(15)7-5-11/h4-7,13,16-17H,2-3,8-10H2,1H3. The summed E-state index contributed by atoms with van der Waals surface area (Å²) in [5, 5.41) is 10.4. The Kier molecular flexibility index (Phi) is 4.00. The summed E-state index contributed by atoms with van der Waals surface area (Å²) in [6.07, 6.45) is 0.0658. The predicted octanol–water partition coefficient (Wildman–Crippen LogP) is 0.499. The fourth-order valence-corrected chi connectivity index (χ4v) is 2.65. The molecule has 2 rings (SSSR count). The third-order valence-electron chi connectivity index (χ3n) is 3.61. The van der Waals surface area contributed by atoms with Crippen molar-refractivity contribution in [3.05, 3.63) is 42.7 Å². The van der Waals surface area contributed by atoms with Crippen LogP contribution in [0.1, 0.15) is 18.9 Å². The number of hydrogen-bond donors (Lipinski definition) is 2. The van der Waals surface area contributed by atoms with Crippen molar-refractivity contribution in [1.82, 2.24) is 0 Å². The third-order valence-corrected chi connectivity index (χ3v) is 3.61. The lowest BCUT2D eigenvalue weighted by molar-refractivity contribution is -0.867. The number of aliphatic hydroxyl groups is 1. The second-order valence-electron chi connectivity index (χ2n) is 4.80. The van der Waals surface area contributed by atoms with Crippen LogP contribution in [0.2, 0.25) is 0 Å². The predicted molar refractivity (Wildman–Crippen MR) is 66.4 cm³/mol. The lowest BCUT2D eigenvalue weighted by Gasteiger charge is -2.44. The van der Waals surface area contributed by atoms with E-state index in [2.05, 4.69) is 7.05 Å². The number of aliphatic hydroxyl groups excluding tert-OH is 1. The Morgan fingerprint density at radius 1 is 1.50 bits per heavy atom. The average Bonchev–Trinajstić information content (AvgIpc) is 2.34. The maximum atomic E-state index is 13.0. The highest BCUT2D eigenvalue weighted by Gasteiger charge is 2.45. The molecular formula is C14H20FNO2. The number of likely N-dealkylation sites (tertiary alicyclic amines) is 1. The van der Waals surface area contributed by atoms with E-state index >= 15 is 0 Å². The van der Waals surface area contributed by atoms with Gasteiger partial charge in [0, 0.05) is 13.0 Å². The normalized spacial score (nSPS) is 32.4. The second-order valence-corrected chi connectivity index (χ2v) is 4.80. The van der Waals surface area contributed by atoms with Crippen molar-refractivity contribution in [3.63, 3.8) is 0 Å². The van der Waals surface area contributed by atoms with E-state index in [1.807, 2.05) is 6.92 Å². The van der Waals surface area contributed by atoms with Crippen LogP contribution < -0.4 is 4.90 Å². The lowest BCUT2D eigenvalue weighted by Crippen LogP contribution is -3.10. The van der Waals surface area contributed by atoms with Gasteiger partial charge in [-0.1, -0.05) is 12.1 Å². The van der Waals surface area contributed by atoms with E-state index in [1.165, 1.54) is 12.1 Å². The maximum absolute atomic E-state index is 13.0. The highest BCUT2D eigenvalue weighted by molar-refractivity contribution is 5.25. The lowest BCUT2D eigenvalue weighted by atomic mass is 9.82. The molecule has 18 heavy (non-hydrogen) atoms. The molecule has 100 valence electrons. The fraction of sp³-hybridized carbons (Fsp3) is 0.500. The van der Waals surface area contributed by atoms with Crippen LogP contribution in [0.3, 0.4) is 0 Å². The van der Waals surface area contributed by atoms with Gasteiger partial charge >= 0.3 is 0 Å². The first-order valence-electron chi connectivity index (χ1n) is 6.33. The molecule has 0 amide bonds. The van der Waals surface area contributed by atoms with E-state index < -0.39 is 11.7 Å². The average molecular weight is 253 g/mol. The second kappa shape index (κ2) is 5.34. The molecule has 1 aliphatic rings. The number of quaternary nitrogens is 1. The van der Waals surface area contributed by atoms with Crippen molar-refractivity contribution < 1.29 is 19.1 Å². The molecule has 4 heteroatoms. The minimum absolute atomic E-state index is 0.278. The van der Waals surface area contributed by atoms with E-state index in [1.54, 1.807) is 12.1 Å². The summed E-state index contributed by atoms with van der Waals surface area (Å²) in [5.41, 5.74) is 0.120. The van der Waals surface area contributed by atoms with Crippen LogP contribution in [-0.2, 0) is 10.3 Å². The molecule has 0 bridgehead atoms. The van der Waals surface area contributed by atoms with Crippen LogP contribution in [0.15, 0.2) is 24.3 Å². The van der Waals surface area contributed by atoms with Crippen molar-refractivity contribution >= 4 is 0 Å². The molecule has 0 saturated carbocycles. The molecule has 0 radical (unpaired) electrons. The molecule has 3 nitrogen and oxygen atoms in total. The van der Waals surface area contributed by atoms with Crippen LogP contribution in [0.4, 0.5) is 4.39 Å². The Labute approximate surface area is 107 Å². The molecule has 0 aromatic heterocycles. The van der Waals surface area contributed by atoms with E-state index in [4.69, 9.17) is 4.74 Å². The van der Waals surface area contributed by atoms with Gasteiger partial charge < -0.3 is 14.7 Å². The quantitative estimate of drug-likeness (QED) is 0.769. The van der Waals surface area contributed by atoms with Crippen LogP contribution in [0.5, 0.6) is 0 Å². The summed E-state index contributed by atoms with van der Waals surface area (Å²) in [4.78, 5) is 1.04. The molecule has 1 fully saturated rings.